The van der Waals surface area contributed by atoms with Crippen LogP contribution in [0.5, 0.6) is 0 Å². The Bertz CT molecular complexity index is 584. The van der Waals surface area contributed by atoms with E-state index >= 15 is 0 Å². The van der Waals surface area contributed by atoms with Crippen LogP contribution in [0.25, 0.3) is 0 Å². The van der Waals surface area contributed by atoms with Crippen molar-refractivity contribution in [1.29, 1.82) is 5.41 Å². The highest BCUT2D eigenvalue weighted by Crippen LogP contribution is 2.33. The lowest BCUT2D eigenvalue weighted by molar-refractivity contribution is 0.240. The molecule has 19 heavy (non-hydrogen) atoms. The Morgan fingerprint density at radius 2 is 2.11 bits per heavy atom. The first-order valence-corrected chi connectivity index (χ1v) is 7.56. The molecule has 0 saturated carbocycles. The van der Waals surface area contributed by atoms with Crippen molar-refractivity contribution in [3.63, 3.8) is 0 Å². The van der Waals surface area contributed by atoms with Crippen LogP contribution in [-0.4, -0.2) is 41.8 Å². The van der Waals surface area contributed by atoms with Gasteiger partial charge in [-0.05, 0) is 19.8 Å². The molecule has 0 bridgehead atoms. The van der Waals surface area contributed by atoms with E-state index in [9.17, 15) is 8.42 Å². The summed E-state index contributed by atoms with van der Waals surface area (Å²) in [5.41, 5.74) is 5.73. The van der Waals surface area contributed by atoms with Gasteiger partial charge in [0.25, 0.3) is 0 Å². The first-order chi connectivity index (χ1) is 8.77. The minimum atomic E-state index is -3.50. The number of nitrogens with zero attached hydrogens (tertiary/aromatic N) is 2. The topological polar surface area (TPSA) is 116 Å². The largest absolute Gasteiger partial charge is 0.387 e. The van der Waals surface area contributed by atoms with Crippen LogP contribution in [0, 0.1) is 17.7 Å². The summed E-state index contributed by atoms with van der Waals surface area (Å²) in [6.45, 7) is 4.35. The lowest BCUT2D eigenvalue weighted by atomic mass is 9.80. The molecule has 1 aliphatic rings. The number of piperidine rings is 1. The smallest absolute Gasteiger partial charge is 0.246 e. The van der Waals surface area contributed by atoms with Gasteiger partial charge in [0.05, 0.1) is 17.7 Å². The Hall–Kier alpha value is -1.41. The highest BCUT2D eigenvalue weighted by atomic mass is 32.2. The zero-order chi connectivity index (χ0) is 14.3. The van der Waals surface area contributed by atoms with Crippen LogP contribution in [0.2, 0.25) is 0 Å². The van der Waals surface area contributed by atoms with Crippen molar-refractivity contribution >= 4 is 15.9 Å². The van der Waals surface area contributed by atoms with E-state index in [0.29, 0.717) is 31.6 Å². The van der Waals surface area contributed by atoms with Gasteiger partial charge in [0.2, 0.25) is 10.0 Å². The Kier molecular flexibility index (Phi) is 3.40. The Labute approximate surface area is 112 Å². The number of hydrogen-bond donors (Lipinski definition) is 3. The second kappa shape index (κ2) is 4.61. The SMILES string of the molecule is Cc1[nH]ncc1S(=O)(=O)N1CCC(C)(C(=N)N)CC1. The quantitative estimate of drug-likeness (QED) is 0.552. The number of nitrogens with two attached hydrogens (primary N) is 1. The van der Waals surface area contributed by atoms with Gasteiger partial charge in [0, 0.05) is 18.5 Å². The third-order valence-electron chi connectivity index (χ3n) is 3.88. The third-order valence-corrected chi connectivity index (χ3v) is 5.89. The van der Waals surface area contributed by atoms with Crippen LogP contribution in [0.3, 0.4) is 0 Å². The summed E-state index contributed by atoms with van der Waals surface area (Å²) in [5.74, 6) is 0.129. The van der Waals surface area contributed by atoms with E-state index in [1.165, 1.54) is 10.5 Å². The van der Waals surface area contributed by atoms with E-state index in [4.69, 9.17) is 11.1 Å². The number of nitrogens with one attached hydrogen (secondary N) is 2. The number of amidine groups is 1. The normalized spacial score (nSPS) is 20.3. The van der Waals surface area contributed by atoms with E-state index < -0.39 is 15.4 Å². The number of aryl methyl sites for hydroxylation is 1. The van der Waals surface area contributed by atoms with Crippen LogP contribution < -0.4 is 5.73 Å². The average Bonchev–Trinajstić information content (AvgIpc) is 2.76. The maximum atomic E-state index is 12.4. The molecule has 0 aliphatic carbocycles. The van der Waals surface area contributed by atoms with Gasteiger partial charge in [-0.15, -0.1) is 0 Å². The molecule has 0 radical (unpaired) electrons. The van der Waals surface area contributed by atoms with Gasteiger partial charge in [-0.1, -0.05) is 6.92 Å². The van der Waals surface area contributed by atoms with Crippen molar-refractivity contribution in [3.8, 4) is 0 Å². The Morgan fingerprint density at radius 1 is 1.53 bits per heavy atom. The lowest BCUT2D eigenvalue weighted by Crippen LogP contribution is -2.47. The molecule has 0 atom stereocenters. The highest BCUT2D eigenvalue weighted by Gasteiger charge is 2.38. The molecule has 106 valence electrons. The molecule has 1 aliphatic heterocycles. The van der Waals surface area contributed by atoms with Crippen molar-refractivity contribution in [2.24, 2.45) is 11.1 Å². The second-order valence-corrected chi connectivity index (χ2v) is 7.14. The minimum Gasteiger partial charge on any atom is -0.387 e. The van der Waals surface area contributed by atoms with Gasteiger partial charge in [-0.3, -0.25) is 10.5 Å². The molecule has 1 saturated heterocycles. The Balaban J connectivity index is 2.19. The molecular formula is C11H19N5O2S. The van der Waals surface area contributed by atoms with Crippen molar-refractivity contribution in [2.45, 2.75) is 31.6 Å². The van der Waals surface area contributed by atoms with Crippen LogP contribution in [0.15, 0.2) is 11.1 Å². The number of hydrogen-bond acceptors (Lipinski definition) is 4. The second-order valence-electron chi connectivity index (χ2n) is 5.24. The maximum Gasteiger partial charge on any atom is 0.246 e. The van der Waals surface area contributed by atoms with Crippen molar-refractivity contribution in [3.05, 3.63) is 11.9 Å². The summed E-state index contributed by atoms with van der Waals surface area (Å²) in [7, 11) is -3.50. The average molecular weight is 285 g/mol. The molecule has 0 unspecified atom stereocenters. The number of sulfonamides is 1. The molecule has 0 aromatic carbocycles. The zero-order valence-corrected chi connectivity index (χ0v) is 11.9. The summed E-state index contributed by atoms with van der Waals surface area (Å²) >= 11 is 0. The van der Waals surface area contributed by atoms with E-state index in [-0.39, 0.29) is 10.7 Å². The number of aromatic nitrogens is 2. The maximum absolute atomic E-state index is 12.4. The summed E-state index contributed by atoms with van der Waals surface area (Å²) in [6.07, 6.45) is 2.47. The van der Waals surface area contributed by atoms with Crippen molar-refractivity contribution < 1.29 is 8.42 Å². The van der Waals surface area contributed by atoms with Gasteiger partial charge in [0.1, 0.15) is 4.90 Å². The zero-order valence-electron chi connectivity index (χ0n) is 11.1. The molecule has 0 amide bonds. The van der Waals surface area contributed by atoms with Gasteiger partial charge in [0.15, 0.2) is 0 Å². The van der Waals surface area contributed by atoms with Crippen LogP contribution in [-0.2, 0) is 10.0 Å². The minimum absolute atomic E-state index is 0.129. The molecule has 7 nitrogen and oxygen atoms in total. The molecular weight excluding hydrogens is 266 g/mol. The molecule has 1 aromatic rings. The van der Waals surface area contributed by atoms with Gasteiger partial charge < -0.3 is 5.73 Å². The number of aromatic amines is 1. The van der Waals surface area contributed by atoms with Gasteiger partial charge >= 0.3 is 0 Å². The van der Waals surface area contributed by atoms with E-state index in [1.54, 1.807) is 6.92 Å². The van der Waals surface area contributed by atoms with Gasteiger partial charge in [-0.25, -0.2) is 8.42 Å². The lowest BCUT2D eigenvalue weighted by Gasteiger charge is -2.37. The van der Waals surface area contributed by atoms with Crippen molar-refractivity contribution in [2.75, 3.05) is 13.1 Å². The Morgan fingerprint density at radius 3 is 2.53 bits per heavy atom. The molecule has 1 fully saturated rings. The summed E-state index contributed by atoms with van der Waals surface area (Å²) in [6, 6.07) is 0. The van der Waals surface area contributed by atoms with Crippen LogP contribution in [0.1, 0.15) is 25.5 Å². The molecule has 2 heterocycles. The summed E-state index contributed by atoms with van der Waals surface area (Å²) < 4.78 is 26.3. The van der Waals surface area contributed by atoms with E-state index in [0.717, 1.165) is 0 Å². The molecule has 2 rings (SSSR count). The molecule has 8 heteroatoms. The van der Waals surface area contributed by atoms with Crippen LogP contribution >= 0.6 is 0 Å². The fourth-order valence-electron chi connectivity index (χ4n) is 2.23. The van der Waals surface area contributed by atoms with E-state index in [1.807, 2.05) is 6.92 Å². The van der Waals surface area contributed by atoms with Crippen molar-refractivity contribution in [1.82, 2.24) is 14.5 Å². The third kappa shape index (κ3) is 2.37. The van der Waals surface area contributed by atoms with Gasteiger partial charge in [-0.2, -0.15) is 9.40 Å². The summed E-state index contributed by atoms with van der Waals surface area (Å²) in [5, 5.41) is 14.0. The van der Waals surface area contributed by atoms with E-state index in [2.05, 4.69) is 10.2 Å². The molecule has 0 spiro atoms. The first-order valence-electron chi connectivity index (χ1n) is 6.12. The first kappa shape index (κ1) is 14.0. The number of rotatable bonds is 3. The fourth-order valence-corrected chi connectivity index (χ4v) is 3.79. The number of H-pyrrole nitrogens is 1. The monoisotopic (exact) mass is 285 g/mol. The predicted octanol–water partition coefficient (Wildman–Crippen LogP) is 0.445. The fraction of sp³-hybridized carbons (Fsp3) is 0.636. The molecule has 4 N–H and O–H groups in total. The summed E-state index contributed by atoms with van der Waals surface area (Å²) in [4.78, 5) is 0.221. The molecule has 1 aromatic heterocycles. The van der Waals surface area contributed by atoms with Crippen LogP contribution in [0.4, 0.5) is 0 Å². The standard InChI is InChI=1S/C11H19N5O2S/c1-8-9(7-14-15-8)19(17,18)16-5-3-11(2,4-6-16)10(12)13/h7H,3-6H2,1-2H3,(H3,12,13)(H,14,15). The predicted molar refractivity (Wildman–Crippen MR) is 71.3 cm³/mol. The highest BCUT2D eigenvalue weighted by molar-refractivity contribution is 7.89.